The van der Waals surface area contributed by atoms with Gasteiger partial charge in [0.05, 0.1) is 12.0 Å². The highest BCUT2D eigenvalue weighted by Crippen LogP contribution is 2.19. The molecule has 0 unspecified atom stereocenters. The SMILES string of the molecule is COc1ccc(S(=O)(=O)Nc2ccc(C)n(CC(=O)NC3CCCCCC3)c2=O)cc1. The number of aryl methyl sites for hydroxylation is 1. The molecule has 1 aliphatic rings. The molecule has 0 bridgehead atoms. The molecule has 0 aliphatic heterocycles. The van der Waals surface area contributed by atoms with Crippen molar-refractivity contribution in [3.63, 3.8) is 0 Å². The fourth-order valence-corrected chi connectivity index (χ4v) is 4.80. The zero-order chi connectivity index (χ0) is 22.4. The number of benzene rings is 1. The third-order valence-corrected chi connectivity index (χ3v) is 6.91. The number of sulfonamides is 1. The number of carbonyl (C=O) groups excluding carboxylic acids is 1. The number of ether oxygens (including phenoxy) is 1. The van der Waals surface area contributed by atoms with Gasteiger partial charge in [-0.3, -0.25) is 14.3 Å². The Bertz CT molecular complexity index is 1070. The molecule has 2 aromatic rings. The zero-order valence-corrected chi connectivity index (χ0v) is 18.7. The number of hydrogen-bond acceptors (Lipinski definition) is 5. The third-order valence-electron chi connectivity index (χ3n) is 5.53. The van der Waals surface area contributed by atoms with Crippen molar-refractivity contribution in [2.75, 3.05) is 11.8 Å². The van der Waals surface area contributed by atoms with Crippen molar-refractivity contribution in [1.82, 2.24) is 9.88 Å². The van der Waals surface area contributed by atoms with E-state index in [1.165, 1.54) is 54.9 Å². The predicted molar refractivity (Wildman–Crippen MR) is 119 cm³/mol. The monoisotopic (exact) mass is 447 g/mol. The fourth-order valence-electron chi connectivity index (χ4n) is 3.74. The smallest absolute Gasteiger partial charge is 0.275 e. The van der Waals surface area contributed by atoms with Crippen molar-refractivity contribution < 1.29 is 17.9 Å². The minimum Gasteiger partial charge on any atom is -0.497 e. The number of pyridine rings is 1. The molecule has 8 nitrogen and oxygen atoms in total. The molecule has 1 aliphatic carbocycles. The lowest BCUT2D eigenvalue weighted by atomic mass is 10.1. The van der Waals surface area contributed by atoms with Gasteiger partial charge in [-0.25, -0.2) is 8.42 Å². The molecule has 3 rings (SSSR count). The van der Waals surface area contributed by atoms with Crippen LogP contribution in [0, 0.1) is 6.92 Å². The number of carbonyl (C=O) groups is 1. The number of hydrogen-bond donors (Lipinski definition) is 2. The van der Waals surface area contributed by atoms with Crippen LogP contribution in [0.1, 0.15) is 44.2 Å². The number of amides is 1. The Kier molecular flexibility index (Phi) is 7.37. The zero-order valence-electron chi connectivity index (χ0n) is 17.9. The van der Waals surface area contributed by atoms with Crippen LogP contribution in [0.25, 0.3) is 0 Å². The van der Waals surface area contributed by atoms with Crippen molar-refractivity contribution in [2.24, 2.45) is 0 Å². The molecule has 9 heteroatoms. The average molecular weight is 448 g/mol. The summed E-state index contributed by atoms with van der Waals surface area (Å²) in [4.78, 5) is 25.5. The summed E-state index contributed by atoms with van der Waals surface area (Å²) in [6.07, 6.45) is 6.43. The van der Waals surface area contributed by atoms with Crippen LogP contribution in [0.4, 0.5) is 5.69 Å². The van der Waals surface area contributed by atoms with Crippen LogP contribution in [-0.4, -0.2) is 32.0 Å². The molecule has 0 spiro atoms. The van der Waals surface area contributed by atoms with Crippen LogP contribution >= 0.6 is 0 Å². The molecule has 1 aromatic heterocycles. The van der Waals surface area contributed by atoms with E-state index in [9.17, 15) is 18.0 Å². The Balaban J connectivity index is 1.76. The first-order valence-electron chi connectivity index (χ1n) is 10.5. The van der Waals surface area contributed by atoms with Crippen LogP contribution in [0.5, 0.6) is 5.75 Å². The third kappa shape index (κ3) is 5.88. The number of nitrogens with zero attached hydrogens (tertiary/aromatic N) is 1. The fraction of sp³-hybridized carbons (Fsp3) is 0.455. The minimum absolute atomic E-state index is 0.00549. The molecule has 168 valence electrons. The minimum atomic E-state index is -3.97. The Morgan fingerprint density at radius 1 is 1.06 bits per heavy atom. The molecule has 0 radical (unpaired) electrons. The van der Waals surface area contributed by atoms with Crippen LogP contribution in [-0.2, 0) is 21.4 Å². The summed E-state index contributed by atoms with van der Waals surface area (Å²) >= 11 is 0. The van der Waals surface area contributed by atoms with E-state index in [4.69, 9.17) is 4.74 Å². The van der Waals surface area contributed by atoms with Gasteiger partial charge in [-0.1, -0.05) is 25.7 Å². The molecule has 0 atom stereocenters. The van der Waals surface area contributed by atoms with E-state index in [2.05, 4.69) is 10.0 Å². The second-order valence-electron chi connectivity index (χ2n) is 7.82. The maximum atomic E-state index is 12.9. The van der Waals surface area contributed by atoms with E-state index in [-0.39, 0.29) is 29.1 Å². The van der Waals surface area contributed by atoms with E-state index >= 15 is 0 Å². The molecule has 1 amide bonds. The van der Waals surface area contributed by atoms with Gasteiger partial charge in [-0.2, -0.15) is 0 Å². The van der Waals surface area contributed by atoms with Gasteiger partial charge in [0.2, 0.25) is 5.91 Å². The molecule has 1 heterocycles. The van der Waals surface area contributed by atoms with Crippen molar-refractivity contribution >= 4 is 21.6 Å². The van der Waals surface area contributed by atoms with Gasteiger partial charge in [0.25, 0.3) is 15.6 Å². The van der Waals surface area contributed by atoms with Crippen molar-refractivity contribution in [2.45, 2.75) is 62.9 Å². The second-order valence-corrected chi connectivity index (χ2v) is 9.50. The first kappa shape index (κ1) is 22.9. The van der Waals surface area contributed by atoms with Gasteiger partial charge in [-0.05, 0) is 56.2 Å². The first-order chi connectivity index (χ1) is 14.8. The Morgan fingerprint density at radius 3 is 2.32 bits per heavy atom. The van der Waals surface area contributed by atoms with Crippen LogP contribution < -0.4 is 20.3 Å². The highest BCUT2D eigenvalue weighted by atomic mass is 32.2. The lowest BCUT2D eigenvalue weighted by Crippen LogP contribution is -2.39. The quantitative estimate of drug-likeness (QED) is 0.635. The van der Waals surface area contributed by atoms with Crippen molar-refractivity contribution in [3.8, 4) is 5.75 Å². The van der Waals surface area contributed by atoms with E-state index in [0.717, 1.165) is 25.7 Å². The lowest BCUT2D eigenvalue weighted by Gasteiger charge is -2.18. The lowest BCUT2D eigenvalue weighted by molar-refractivity contribution is -0.122. The second kappa shape index (κ2) is 10.00. The summed E-state index contributed by atoms with van der Waals surface area (Å²) in [7, 11) is -2.48. The summed E-state index contributed by atoms with van der Waals surface area (Å²) in [6, 6.07) is 9.01. The Labute approximate surface area is 182 Å². The van der Waals surface area contributed by atoms with Gasteiger partial charge in [-0.15, -0.1) is 0 Å². The molecule has 2 N–H and O–H groups in total. The van der Waals surface area contributed by atoms with E-state index in [1.807, 2.05) is 0 Å². The van der Waals surface area contributed by atoms with E-state index < -0.39 is 15.6 Å². The number of rotatable bonds is 7. The Hall–Kier alpha value is -2.81. The largest absolute Gasteiger partial charge is 0.497 e. The van der Waals surface area contributed by atoms with Crippen LogP contribution in [0.3, 0.4) is 0 Å². The van der Waals surface area contributed by atoms with E-state index in [0.29, 0.717) is 11.4 Å². The van der Waals surface area contributed by atoms with Gasteiger partial charge in [0.1, 0.15) is 18.0 Å². The van der Waals surface area contributed by atoms with Gasteiger partial charge in [0, 0.05) is 11.7 Å². The van der Waals surface area contributed by atoms with Crippen molar-refractivity contribution in [1.29, 1.82) is 0 Å². The summed E-state index contributed by atoms with van der Waals surface area (Å²) in [5.74, 6) is 0.281. The summed E-state index contributed by atoms with van der Waals surface area (Å²) < 4.78 is 34.0. The molecular formula is C22H29N3O5S. The predicted octanol–water partition coefficient (Wildman–Crippen LogP) is 2.81. The standard InChI is InChI=1S/C22H29N3O5S/c1-16-9-14-20(24-31(28,29)19-12-10-18(30-2)11-13-19)22(27)25(16)15-21(26)23-17-7-5-3-4-6-8-17/h9-14,17,24H,3-8,15H2,1-2H3,(H,23,26). The van der Waals surface area contributed by atoms with Gasteiger partial charge < -0.3 is 14.6 Å². The molecular weight excluding hydrogens is 418 g/mol. The highest BCUT2D eigenvalue weighted by molar-refractivity contribution is 7.92. The maximum absolute atomic E-state index is 12.9. The maximum Gasteiger partial charge on any atom is 0.275 e. The molecule has 1 saturated carbocycles. The number of aromatic nitrogens is 1. The average Bonchev–Trinajstić information content (AvgIpc) is 3.02. The normalized spacial score (nSPS) is 15.2. The number of methoxy groups -OCH3 is 1. The van der Waals surface area contributed by atoms with Crippen LogP contribution in [0.15, 0.2) is 46.1 Å². The summed E-state index contributed by atoms with van der Waals surface area (Å²) in [6.45, 7) is 1.56. The highest BCUT2D eigenvalue weighted by Gasteiger charge is 2.19. The van der Waals surface area contributed by atoms with Crippen molar-refractivity contribution in [3.05, 3.63) is 52.4 Å². The van der Waals surface area contributed by atoms with Gasteiger partial charge >= 0.3 is 0 Å². The topological polar surface area (TPSA) is 106 Å². The number of anilines is 1. The first-order valence-corrected chi connectivity index (χ1v) is 11.9. The molecule has 0 saturated heterocycles. The number of nitrogens with one attached hydrogen (secondary N) is 2. The van der Waals surface area contributed by atoms with Gasteiger partial charge in [0.15, 0.2) is 0 Å². The molecule has 31 heavy (non-hydrogen) atoms. The molecule has 1 aromatic carbocycles. The summed E-state index contributed by atoms with van der Waals surface area (Å²) in [5, 5.41) is 3.02. The molecule has 1 fully saturated rings. The summed E-state index contributed by atoms with van der Waals surface area (Å²) in [5.41, 5.74) is -0.0924. The Morgan fingerprint density at radius 2 is 1.71 bits per heavy atom. The van der Waals surface area contributed by atoms with E-state index in [1.54, 1.807) is 13.0 Å². The van der Waals surface area contributed by atoms with Crippen LogP contribution in [0.2, 0.25) is 0 Å².